The van der Waals surface area contributed by atoms with Crippen molar-refractivity contribution in [3.63, 3.8) is 0 Å². The van der Waals surface area contributed by atoms with Crippen LogP contribution in [0.25, 0.3) is 10.6 Å². The van der Waals surface area contributed by atoms with Gasteiger partial charge in [-0.2, -0.15) is 0 Å². The molecule has 0 aliphatic carbocycles. The van der Waals surface area contributed by atoms with E-state index in [1.165, 1.54) is 16.0 Å². The zero-order chi connectivity index (χ0) is 13.0. The van der Waals surface area contributed by atoms with Gasteiger partial charge >= 0.3 is 0 Å². The zero-order valence-electron chi connectivity index (χ0n) is 10.9. The Kier molecular flexibility index (Phi) is 4.50. The van der Waals surface area contributed by atoms with Crippen LogP contribution in [-0.2, 0) is 12.8 Å². The lowest BCUT2D eigenvalue weighted by molar-refractivity contribution is 0.289. The van der Waals surface area contributed by atoms with Crippen molar-refractivity contribution >= 4 is 11.3 Å². The lowest BCUT2D eigenvalue weighted by Gasteiger charge is -1.98. The van der Waals surface area contributed by atoms with Gasteiger partial charge in [-0.1, -0.05) is 31.2 Å². The Morgan fingerprint density at radius 1 is 1.22 bits per heavy atom. The number of benzene rings is 1. The Morgan fingerprint density at radius 3 is 2.56 bits per heavy atom. The molecule has 0 saturated heterocycles. The fourth-order valence-electron chi connectivity index (χ4n) is 1.91. The molecule has 1 N–H and O–H groups in total. The van der Waals surface area contributed by atoms with E-state index in [9.17, 15) is 0 Å². The molecule has 0 aliphatic rings. The smallest absolute Gasteiger partial charge is 0.123 e. The summed E-state index contributed by atoms with van der Waals surface area (Å²) < 4.78 is 0. The van der Waals surface area contributed by atoms with Crippen LogP contribution < -0.4 is 0 Å². The summed E-state index contributed by atoms with van der Waals surface area (Å²) in [6.45, 7) is 4.46. The maximum Gasteiger partial charge on any atom is 0.123 e. The van der Waals surface area contributed by atoms with E-state index in [1.807, 2.05) is 6.92 Å². The number of aromatic nitrogens is 1. The highest BCUT2D eigenvalue weighted by molar-refractivity contribution is 7.15. The van der Waals surface area contributed by atoms with Gasteiger partial charge in [-0.3, -0.25) is 0 Å². The monoisotopic (exact) mass is 261 g/mol. The standard InChI is InChI=1S/C15H19NOS/c1-3-12-6-8-13(9-7-12)15-16-11(2)14(18-15)5-4-10-17/h6-9,17H,3-5,10H2,1-2H3. The molecule has 1 aromatic heterocycles. The van der Waals surface area contributed by atoms with Crippen LogP contribution >= 0.6 is 11.3 Å². The summed E-state index contributed by atoms with van der Waals surface area (Å²) in [6.07, 6.45) is 2.81. The summed E-state index contributed by atoms with van der Waals surface area (Å²) in [5.74, 6) is 0. The Morgan fingerprint density at radius 2 is 1.94 bits per heavy atom. The number of hydrogen-bond acceptors (Lipinski definition) is 3. The topological polar surface area (TPSA) is 33.1 Å². The van der Waals surface area contributed by atoms with Crippen molar-refractivity contribution < 1.29 is 5.11 Å². The van der Waals surface area contributed by atoms with E-state index in [1.54, 1.807) is 11.3 Å². The van der Waals surface area contributed by atoms with E-state index in [-0.39, 0.29) is 6.61 Å². The first-order chi connectivity index (χ1) is 8.74. The van der Waals surface area contributed by atoms with Crippen LogP contribution in [0, 0.1) is 6.92 Å². The molecule has 0 aliphatic heterocycles. The minimum Gasteiger partial charge on any atom is -0.396 e. The molecule has 2 rings (SSSR count). The van der Waals surface area contributed by atoms with E-state index in [0.29, 0.717) is 0 Å². The van der Waals surface area contributed by atoms with Crippen LogP contribution in [0.4, 0.5) is 0 Å². The van der Waals surface area contributed by atoms with Crippen molar-refractivity contribution in [2.24, 2.45) is 0 Å². The lowest BCUT2D eigenvalue weighted by atomic mass is 10.1. The Labute approximate surface area is 112 Å². The second-order valence-electron chi connectivity index (χ2n) is 4.41. The van der Waals surface area contributed by atoms with Crippen LogP contribution in [0.15, 0.2) is 24.3 Å². The molecule has 1 aromatic carbocycles. The van der Waals surface area contributed by atoms with E-state index in [4.69, 9.17) is 5.11 Å². The van der Waals surface area contributed by atoms with Crippen molar-refractivity contribution in [3.05, 3.63) is 40.4 Å². The van der Waals surface area contributed by atoms with Gasteiger partial charge < -0.3 is 5.11 Å². The number of aryl methyl sites for hydroxylation is 3. The van der Waals surface area contributed by atoms with Gasteiger partial charge in [0.2, 0.25) is 0 Å². The second-order valence-corrected chi connectivity index (χ2v) is 5.49. The summed E-state index contributed by atoms with van der Waals surface area (Å²) >= 11 is 1.74. The van der Waals surface area contributed by atoms with Crippen molar-refractivity contribution in [2.75, 3.05) is 6.61 Å². The number of hydrogen-bond donors (Lipinski definition) is 1. The molecule has 0 unspecified atom stereocenters. The van der Waals surface area contributed by atoms with E-state index in [2.05, 4.69) is 36.2 Å². The van der Waals surface area contributed by atoms with Gasteiger partial charge in [0.15, 0.2) is 0 Å². The first kappa shape index (κ1) is 13.2. The van der Waals surface area contributed by atoms with Crippen molar-refractivity contribution in [2.45, 2.75) is 33.1 Å². The normalized spacial score (nSPS) is 10.8. The van der Waals surface area contributed by atoms with Gasteiger partial charge in [-0.25, -0.2) is 4.98 Å². The number of aliphatic hydroxyl groups is 1. The first-order valence-corrected chi connectivity index (χ1v) is 7.22. The van der Waals surface area contributed by atoms with Crippen LogP contribution in [0.1, 0.15) is 29.5 Å². The van der Waals surface area contributed by atoms with Crippen LogP contribution in [-0.4, -0.2) is 16.7 Å². The quantitative estimate of drug-likeness (QED) is 0.892. The summed E-state index contributed by atoms with van der Waals surface area (Å²) in [5.41, 5.74) is 3.64. The summed E-state index contributed by atoms with van der Waals surface area (Å²) in [5, 5.41) is 9.97. The van der Waals surface area contributed by atoms with E-state index >= 15 is 0 Å². The second kappa shape index (κ2) is 6.12. The largest absolute Gasteiger partial charge is 0.396 e. The summed E-state index contributed by atoms with van der Waals surface area (Å²) in [4.78, 5) is 5.92. The van der Waals surface area contributed by atoms with Crippen LogP contribution in [0.2, 0.25) is 0 Å². The lowest BCUT2D eigenvalue weighted by Crippen LogP contribution is -1.88. The highest BCUT2D eigenvalue weighted by Crippen LogP contribution is 2.28. The molecule has 2 aromatic rings. The van der Waals surface area contributed by atoms with Crippen molar-refractivity contribution in [3.8, 4) is 10.6 Å². The molecule has 3 heteroatoms. The molecule has 0 radical (unpaired) electrons. The first-order valence-electron chi connectivity index (χ1n) is 6.41. The highest BCUT2D eigenvalue weighted by Gasteiger charge is 2.08. The number of rotatable bonds is 5. The predicted molar refractivity (Wildman–Crippen MR) is 77.1 cm³/mol. The average Bonchev–Trinajstić information content (AvgIpc) is 2.78. The van der Waals surface area contributed by atoms with Crippen molar-refractivity contribution in [1.29, 1.82) is 0 Å². The molecule has 2 nitrogen and oxygen atoms in total. The minimum absolute atomic E-state index is 0.248. The van der Waals surface area contributed by atoms with Crippen molar-refractivity contribution in [1.82, 2.24) is 4.98 Å². The molecule has 0 bridgehead atoms. The number of thiazole rings is 1. The fourth-order valence-corrected chi connectivity index (χ4v) is 3.02. The van der Waals surface area contributed by atoms with Gasteiger partial charge in [0.25, 0.3) is 0 Å². The summed E-state index contributed by atoms with van der Waals surface area (Å²) in [6, 6.07) is 8.62. The third-order valence-corrected chi connectivity index (χ3v) is 4.33. The molecule has 18 heavy (non-hydrogen) atoms. The average molecular weight is 261 g/mol. The van der Waals surface area contributed by atoms with E-state index in [0.717, 1.165) is 30.0 Å². The van der Waals surface area contributed by atoms with Crippen LogP contribution in [0.3, 0.4) is 0 Å². The number of nitrogens with zero attached hydrogens (tertiary/aromatic N) is 1. The molecule has 0 fully saturated rings. The van der Waals surface area contributed by atoms with Gasteiger partial charge in [0, 0.05) is 17.0 Å². The minimum atomic E-state index is 0.248. The maximum absolute atomic E-state index is 8.88. The van der Waals surface area contributed by atoms with Gasteiger partial charge in [0.1, 0.15) is 5.01 Å². The third kappa shape index (κ3) is 2.98. The Hall–Kier alpha value is -1.19. The SMILES string of the molecule is CCc1ccc(-c2nc(C)c(CCCO)s2)cc1. The van der Waals surface area contributed by atoms with Gasteiger partial charge in [-0.05, 0) is 31.7 Å². The van der Waals surface area contributed by atoms with E-state index < -0.39 is 0 Å². The molecular weight excluding hydrogens is 242 g/mol. The maximum atomic E-state index is 8.88. The molecule has 0 spiro atoms. The summed E-state index contributed by atoms with van der Waals surface area (Å²) in [7, 11) is 0. The fraction of sp³-hybridized carbons (Fsp3) is 0.400. The molecule has 1 heterocycles. The molecule has 0 atom stereocenters. The third-order valence-electron chi connectivity index (χ3n) is 3.06. The Balaban J connectivity index is 2.21. The highest BCUT2D eigenvalue weighted by atomic mass is 32.1. The predicted octanol–water partition coefficient (Wildman–Crippen LogP) is 3.61. The Bertz CT molecular complexity index is 502. The van der Waals surface area contributed by atoms with Gasteiger partial charge in [0.05, 0.1) is 5.69 Å². The zero-order valence-corrected chi connectivity index (χ0v) is 11.8. The molecule has 0 saturated carbocycles. The molecule has 0 amide bonds. The van der Waals surface area contributed by atoms with Gasteiger partial charge in [-0.15, -0.1) is 11.3 Å². The molecule has 96 valence electrons. The number of aliphatic hydroxyl groups excluding tert-OH is 1. The van der Waals surface area contributed by atoms with Crippen LogP contribution in [0.5, 0.6) is 0 Å². The molecular formula is C15H19NOS.